The Labute approximate surface area is 43.1 Å². The van der Waals surface area contributed by atoms with Gasteiger partial charge in [-0.05, 0) is 6.42 Å². The number of hydrogen-bond acceptors (Lipinski definition) is 1. The fourth-order valence-corrected chi connectivity index (χ4v) is 0.534. The zero-order valence-electron chi connectivity index (χ0n) is 4.44. The Hall–Kier alpha value is -0.0800. The predicted octanol–water partition coefficient (Wildman–Crippen LogP) is 0.596. The van der Waals surface area contributed by atoms with Crippen molar-refractivity contribution in [1.29, 1.82) is 0 Å². The predicted molar refractivity (Wildman–Crippen MR) is 24.5 cm³/mol. The topological polar surface area (TPSA) is 29.1 Å². The molecule has 0 atom stereocenters. The summed E-state index contributed by atoms with van der Waals surface area (Å²) in [5.74, 6) is 0. The summed E-state index contributed by atoms with van der Waals surface area (Å²) in [7, 11) is 0. The minimum absolute atomic E-state index is 0.420. The normalized spacial score (nSPS) is 26.6. The average Bonchev–Trinajstić information content (AvgIpc) is 1.61. The zero-order chi connectivity index (χ0) is 5.33. The van der Waals surface area contributed by atoms with E-state index in [-0.39, 0.29) is 0 Å². The summed E-state index contributed by atoms with van der Waals surface area (Å²) in [4.78, 5) is 0. The molecule has 0 aromatic carbocycles. The molecule has 7 heavy (non-hydrogen) atoms. The molecular weight excluding hydrogens is 92.1 g/mol. The molecule has 1 radical (unpaired) electrons. The van der Waals surface area contributed by atoms with Gasteiger partial charge in [0.2, 0.25) is 0 Å². The van der Waals surface area contributed by atoms with Gasteiger partial charge in [0.05, 0.1) is 13.2 Å². The molecule has 2 nitrogen and oxygen atoms in total. The van der Waals surface area contributed by atoms with E-state index in [9.17, 15) is 5.11 Å². The highest BCUT2D eigenvalue weighted by molar-refractivity contribution is 4.82. The van der Waals surface area contributed by atoms with Crippen LogP contribution < -0.4 is 0 Å². The van der Waals surface area contributed by atoms with E-state index in [0.717, 1.165) is 0 Å². The van der Waals surface area contributed by atoms with Crippen LogP contribution in [0, 0.1) is 0 Å². The van der Waals surface area contributed by atoms with E-state index in [2.05, 4.69) is 0 Å². The van der Waals surface area contributed by atoms with Crippen molar-refractivity contribution in [2.45, 2.75) is 18.9 Å². The molecule has 2 heteroatoms. The minimum Gasteiger partial charge on any atom is -0.375 e. The van der Waals surface area contributed by atoms with Crippen LogP contribution in [0.3, 0.4) is 0 Å². The van der Waals surface area contributed by atoms with Crippen molar-refractivity contribution in [3.63, 3.8) is 0 Å². The lowest BCUT2D eigenvalue weighted by atomic mass is 10.00. The highest BCUT2D eigenvalue weighted by Gasteiger charge is 2.35. The summed E-state index contributed by atoms with van der Waals surface area (Å²) in [5, 5.41) is 10.8. The maximum Gasteiger partial charge on any atom is 0.150 e. The molecule has 0 saturated carbocycles. The fourth-order valence-electron chi connectivity index (χ4n) is 0.534. The van der Waals surface area contributed by atoms with E-state index in [1.165, 1.54) is 0 Å². The van der Waals surface area contributed by atoms with Crippen LogP contribution in [0.5, 0.6) is 0 Å². The molecule has 1 rings (SSSR count). The van der Waals surface area contributed by atoms with Crippen LogP contribution >= 0.6 is 0 Å². The molecule has 0 spiro atoms. The van der Waals surface area contributed by atoms with Crippen LogP contribution in [0.1, 0.15) is 13.3 Å². The van der Waals surface area contributed by atoms with Crippen LogP contribution in [0.4, 0.5) is 0 Å². The molecule has 1 fully saturated rings. The van der Waals surface area contributed by atoms with E-state index in [0.29, 0.717) is 19.6 Å². The first-order valence-electron chi connectivity index (χ1n) is 2.55. The SMILES string of the molecule is CCC1([O])COC1. The molecule has 0 amide bonds. The summed E-state index contributed by atoms with van der Waals surface area (Å²) in [6.45, 7) is 2.74. The second-order valence-corrected chi connectivity index (χ2v) is 2.03. The van der Waals surface area contributed by atoms with Crippen molar-refractivity contribution in [1.82, 2.24) is 0 Å². The largest absolute Gasteiger partial charge is 0.375 e. The van der Waals surface area contributed by atoms with Crippen molar-refractivity contribution in [3.05, 3.63) is 0 Å². The molecular formula is C5H9O2. The molecule has 1 heterocycles. The van der Waals surface area contributed by atoms with Gasteiger partial charge in [0.15, 0.2) is 0 Å². The van der Waals surface area contributed by atoms with Gasteiger partial charge in [-0.2, -0.15) is 0 Å². The second kappa shape index (κ2) is 1.46. The lowest BCUT2D eigenvalue weighted by molar-refractivity contribution is -0.211. The number of ether oxygens (including phenoxy) is 1. The third-order valence-electron chi connectivity index (χ3n) is 1.37. The molecule has 0 unspecified atom stereocenters. The first kappa shape index (κ1) is 5.06. The summed E-state index contributed by atoms with van der Waals surface area (Å²) in [6, 6.07) is 0. The van der Waals surface area contributed by atoms with Crippen LogP contribution in [-0.4, -0.2) is 18.8 Å². The van der Waals surface area contributed by atoms with Gasteiger partial charge in [-0.1, -0.05) is 6.92 Å². The molecule has 0 aromatic rings. The fraction of sp³-hybridized carbons (Fsp3) is 1.00. The van der Waals surface area contributed by atoms with Crippen molar-refractivity contribution in [3.8, 4) is 0 Å². The lowest BCUT2D eigenvalue weighted by Gasteiger charge is -2.32. The first-order chi connectivity index (χ1) is 3.27. The Balaban J connectivity index is 2.29. The quantitative estimate of drug-likeness (QED) is 0.475. The zero-order valence-corrected chi connectivity index (χ0v) is 4.44. The third-order valence-corrected chi connectivity index (χ3v) is 1.37. The van der Waals surface area contributed by atoms with Crippen molar-refractivity contribution >= 4 is 0 Å². The van der Waals surface area contributed by atoms with E-state index in [4.69, 9.17) is 4.74 Å². The van der Waals surface area contributed by atoms with Gasteiger partial charge in [-0.25, -0.2) is 5.11 Å². The highest BCUT2D eigenvalue weighted by atomic mass is 16.5. The van der Waals surface area contributed by atoms with Gasteiger partial charge in [0.1, 0.15) is 5.60 Å². The average molecular weight is 101 g/mol. The van der Waals surface area contributed by atoms with Gasteiger partial charge in [0.25, 0.3) is 0 Å². The molecule has 0 N–H and O–H groups in total. The molecule has 0 bridgehead atoms. The van der Waals surface area contributed by atoms with E-state index in [1.807, 2.05) is 6.92 Å². The van der Waals surface area contributed by atoms with E-state index >= 15 is 0 Å². The molecule has 0 aromatic heterocycles. The van der Waals surface area contributed by atoms with Gasteiger partial charge < -0.3 is 4.74 Å². The summed E-state index contributed by atoms with van der Waals surface area (Å²) in [6.07, 6.45) is 0.701. The standard InChI is InChI=1S/C5H9O2/c1-2-5(6)3-7-4-5/h2-4H2,1H3. The van der Waals surface area contributed by atoms with Crippen LogP contribution in [0.2, 0.25) is 0 Å². The number of rotatable bonds is 1. The Kier molecular flexibility index (Phi) is 1.05. The Morgan fingerprint density at radius 1 is 1.71 bits per heavy atom. The first-order valence-corrected chi connectivity index (χ1v) is 2.55. The van der Waals surface area contributed by atoms with Crippen molar-refractivity contribution in [2.24, 2.45) is 0 Å². The Morgan fingerprint density at radius 3 is 2.29 bits per heavy atom. The lowest BCUT2D eigenvalue weighted by Crippen LogP contribution is -2.47. The van der Waals surface area contributed by atoms with Gasteiger partial charge in [-0.3, -0.25) is 0 Å². The van der Waals surface area contributed by atoms with Crippen molar-refractivity contribution in [2.75, 3.05) is 13.2 Å². The van der Waals surface area contributed by atoms with Gasteiger partial charge in [-0.15, -0.1) is 0 Å². The summed E-state index contributed by atoms with van der Waals surface area (Å²) < 4.78 is 4.72. The maximum atomic E-state index is 10.8. The second-order valence-electron chi connectivity index (χ2n) is 2.03. The minimum atomic E-state index is -0.708. The molecule has 1 aliphatic heterocycles. The Bertz CT molecular complexity index is 61.0. The number of hydrogen-bond donors (Lipinski definition) is 0. The van der Waals surface area contributed by atoms with Gasteiger partial charge in [0, 0.05) is 0 Å². The Morgan fingerprint density at radius 2 is 2.29 bits per heavy atom. The molecule has 41 valence electrons. The van der Waals surface area contributed by atoms with Crippen LogP contribution in [-0.2, 0) is 9.84 Å². The molecule has 0 aliphatic carbocycles. The molecule has 1 aliphatic rings. The summed E-state index contributed by atoms with van der Waals surface area (Å²) in [5.41, 5.74) is -0.708. The smallest absolute Gasteiger partial charge is 0.150 e. The van der Waals surface area contributed by atoms with Crippen LogP contribution in [0.15, 0.2) is 0 Å². The highest BCUT2D eigenvalue weighted by Crippen LogP contribution is 2.20. The van der Waals surface area contributed by atoms with Gasteiger partial charge >= 0.3 is 0 Å². The van der Waals surface area contributed by atoms with E-state index in [1.54, 1.807) is 0 Å². The maximum absolute atomic E-state index is 10.8. The van der Waals surface area contributed by atoms with Crippen molar-refractivity contribution < 1.29 is 9.84 Å². The monoisotopic (exact) mass is 101 g/mol. The van der Waals surface area contributed by atoms with E-state index < -0.39 is 5.60 Å². The molecule has 1 saturated heterocycles. The van der Waals surface area contributed by atoms with Crippen LogP contribution in [0.25, 0.3) is 0 Å². The summed E-state index contributed by atoms with van der Waals surface area (Å²) >= 11 is 0. The third kappa shape index (κ3) is 0.763.